The lowest BCUT2D eigenvalue weighted by molar-refractivity contribution is 0.469. The molecule has 0 saturated carbocycles. The molecule has 0 saturated heterocycles. The number of hydrogen-bond acceptors (Lipinski definition) is 7. The first-order valence-electron chi connectivity index (χ1n) is 9.61. The number of halogens is 1. The highest BCUT2D eigenvalue weighted by molar-refractivity contribution is 5.96. The van der Waals surface area contributed by atoms with Gasteiger partial charge in [-0.05, 0) is 24.3 Å². The van der Waals surface area contributed by atoms with E-state index in [1.807, 2.05) is 6.07 Å². The van der Waals surface area contributed by atoms with E-state index in [4.69, 9.17) is 4.98 Å². The van der Waals surface area contributed by atoms with Gasteiger partial charge >= 0.3 is 0 Å². The predicted molar refractivity (Wildman–Crippen MR) is 115 cm³/mol. The Morgan fingerprint density at radius 3 is 2.62 bits per heavy atom. The van der Waals surface area contributed by atoms with E-state index in [9.17, 15) is 9.50 Å². The lowest BCUT2D eigenvalue weighted by Crippen LogP contribution is -1.88. The fraction of sp³-hybridized carbons (Fsp3) is 0. The first-order valence-corrected chi connectivity index (χ1v) is 9.61. The third kappa shape index (κ3) is 2.93. The Morgan fingerprint density at radius 1 is 0.844 bits per heavy atom. The standard InChI is InChI=1S/C22H13FN8O/c23-12-5-11(6-13(32)7-12)19-21-15(1-2-26-19)28-22(29-21)20-14-8-16(18-9-24-3-4-25-18)27-10-17(14)30-31-20/h1-10,32H,(H,28,29)(H,30,31). The Balaban J connectivity index is 1.52. The molecule has 0 aliphatic rings. The minimum atomic E-state index is -0.558. The summed E-state index contributed by atoms with van der Waals surface area (Å²) in [4.78, 5) is 25.1. The highest BCUT2D eigenvalue weighted by atomic mass is 19.1. The van der Waals surface area contributed by atoms with Crippen molar-refractivity contribution in [3.63, 3.8) is 0 Å². The summed E-state index contributed by atoms with van der Waals surface area (Å²) in [6.07, 6.45) is 8.13. The van der Waals surface area contributed by atoms with Crippen LogP contribution in [0.2, 0.25) is 0 Å². The molecule has 6 rings (SSSR count). The van der Waals surface area contributed by atoms with Gasteiger partial charge in [-0.2, -0.15) is 5.10 Å². The summed E-state index contributed by atoms with van der Waals surface area (Å²) < 4.78 is 13.8. The number of nitrogens with one attached hydrogen (secondary N) is 2. The number of pyridine rings is 2. The maximum absolute atomic E-state index is 13.8. The average Bonchev–Trinajstić information content (AvgIpc) is 3.42. The van der Waals surface area contributed by atoms with Crippen LogP contribution in [0.4, 0.5) is 4.39 Å². The monoisotopic (exact) mass is 424 g/mol. The fourth-order valence-electron chi connectivity index (χ4n) is 3.64. The van der Waals surface area contributed by atoms with Crippen LogP contribution in [-0.4, -0.2) is 45.2 Å². The van der Waals surface area contributed by atoms with Gasteiger partial charge in [0.1, 0.15) is 28.5 Å². The molecule has 0 amide bonds. The van der Waals surface area contributed by atoms with E-state index >= 15 is 0 Å². The summed E-state index contributed by atoms with van der Waals surface area (Å²) >= 11 is 0. The topological polar surface area (TPSA) is 129 Å². The lowest BCUT2D eigenvalue weighted by atomic mass is 10.1. The van der Waals surface area contributed by atoms with E-state index < -0.39 is 5.82 Å². The number of hydrogen-bond donors (Lipinski definition) is 3. The van der Waals surface area contributed by atoms with Gasteiger partial charge in [0.2, 0.25) is 0 Å². The Labute approximate surface area is 179 Å². The molecule has 9 nitrogen and oxygen atoms in total. The number of imidazole rings is 1. The first-order chi connectivity index (χ1) is 15.7. The number of benzene rings is 1. The number of aromatic nitrogens is 8. The van der Waals surface area contributed by atoms with Gasteiger partial charge in [-0.1, -0.05) is 0 Å². The van der Waals surface area contributed by atoms with Gasteiger partial charge in [-0.25, -0.2) is 9.37 Å². The van der Waals surface area contributed by atoms with Crippen LogP contribution in [0.5, 0.6) is 5.75 Å². The molecule has 0 aliphatic heterocycles. The molecule has 5 aromatic heterocycles. The number of phenolic OH excluding ortho intramolecular Hbond substituents is 1. The largest absolute Gasteiger partial charge is 0.508 e. The molecule has 0 atom stereocenters. The minimum Gasteiger partial charge on any atom is -0.508 e. The Kier molecular flexibility index (Phi) is 3.90. The van der Waals surface area contributed by atoms with E-state index in [0.29, 0.717) is 45.2 Å². The molecule has 6 aromatic rings. The Bertz CT molecular complexity index is 1590. The number of aromatic amines is 2. The molecule has 5 heterocycles. The molecule has 32 heavy (non-hydrogen) atoms. The quantitative estimate of drug-likeness (QED) is 0.393. The van der Waals surface area contributed by atoms with Crippen molar-refractivity contribution in [3.05, 3.63) is 67.1 Å². The molecule has 0 bridgehead atoms. The van der Waals surface area contributed by atoms with Crippen molar-refractivity contribution in [3.8, 4) is 39.9 Å². The average molecular weight is 424 g/mol. The summed E-state index contributed by atoms with van der Waals surface area (Å²) in [6, 6.07) is 7.43. The van der Waals surface area contributed by atoms with E-state index in [0.717, 1.165) is 17.0 Å². The maximum Gasteiger partial charge on any atom is 0.159 e. The van der Waals surface area contributed by atoms with Crippen molar-refractivity contribution >= 4 is 21.9 Å². The maximum atomic E-state index is 13.8. The van der Waals surface area contributed by atoms with Crippen LogP contribution < -0.4 is 0 Å². The van der Waals surface area contributed by atoms with Gasteiger partial charge in [0.15, 0.2) is 5.82 Å². The predicted octanol–water partition coefficient (Wildman–Crippen LogP) is 3.86. The normalized spacial score (nSPS) is 11.4. The molecule has 3 N–H and O–H groups in total. The van der Waals surface area contributed by atoms with Crippen LogP contribution in [0, 0.1) is 5.82 Å². The molecular formula is C22H13FN8O. The second-order valence-corrected chi connectivity index (χ2v) is 7.12. The number of aromatic hydroxyl groups is 1. The van der Waals surface area contributed by atoms with E-state index in [-0.39, 0.29) is 5.75 Å². The molecular weight excluding hydrogens is 411 g/mol. The summed E-state index contributed by atoms with van der Waals surface area (Å²) in [5.41, 5.74) is 4.73. The van der Waals surface area contributed by atoms with Crippen molar-refractivity contribution in [2.24, 2.45) is 0 Å². The van der Waals surface area contributed by atoms with Crippen LogP contribution in [0.1, 0.15) is 0 Å². The second kappa shape index (κ2) is 6.91. The first kappa shape index (κ1) is 18.1. The van der Waals surface area contributed by atoms with Gasteiger partial charge < -0.3 is 10.1 Å². The fourth-order valence-corrected chi connectivity index (χ4v) is 3.64. The summed E-state index contributed by atoms with van der Waals surface area (Å²) in [5.74, 6) is -0.230. The van der Waals surface area contributed by atoms with Crippen molar-refractivity contribution in [2.45, 2.75) is 0 Å². The zero-order valence-corrected chi connectivity index (χ0v) is 16.3. The Morgan fingerprint density at radius 2 is 1.78 bits per heavy atom. The Hall–Kier alpha value is -4.73. The second-order valence-electron chi connectivity index (χ2n) is 7.12. The summed E-state index contributed by atoms with van der Waals surface area (Å²) in [6.45, 7) is 0. The van der Waals surface area contributed by atoms with Crippen LogP contribution >= 0.6 is 0 Å². The van der Waals surface area contributed by atoms with Gasteiger partial charge in [-0.15, -0.1) is 0 Å². The summed E-state index contributed by atoms with van der Waals surface area (Å²) in [7, 11) is 0. The molecule has 0 unspecified atom stereocenters. The molecule has 10 heteroatoms. The molecule has 0 fully saturated rings. The van der Waals surface area contributed by atoms with E-state index in [1.54, 1.807) is 37.1 Å². The van der Waals surface area contributed by atoms with E-state index in [1.165, 1.54) is 12.1 Å². The third-order valence-electron chi connectivity index (χ3n) is 5.05. The number of fused-ring (bicyclic) bond motifs is 2. The van der Waals surface area contributed by atoms with Crippen molar-refractivity contribution in [1.82, 2.24) is 40.1 Å². The molecule has 0 radical (unpaired) electrons. The molecule has 0 aliphatic carbocycles. The van der Waals surface area contributed by atoms with Gasteiger partial charge in [0.05, 0.1) is 34.8 Å². The highest BCUT2D eigenvalue weighted by Crippen LogP contribution is 2.32. The van der Waals surface area contributed by atoms with Crippen LogP contribution in [-0.2, 0) is 0 Å². The molecule has 1 aromatic carbocycles. The van der Waals surface area contributed by atoms with Crippen LogP contribution in [0.3, 0.4) is 0 Å². The number of rotatable bonds is 3. The van der Waals surface area contributed by atoms with E-state index in [2.05, 4.69) is 35.1 Å². The SMILES string of the molecule is Oc1cc(F)cc(-c2nccc3[nH]c(-c4n[nH]c5cnc(-c6cnccn6)cc45)nc23)c1. The molecule has 0 spiro atoms. The molecule has 154 valence electrons. The van der Waals surface area contributed by atoms with Crippen LogP contribution in [0.15, 0.2) is 61.3 Å². The highest BCUT2D eigenvalue weighted by Gasteiger charge is 2.17. The third-order valence-corrected chi connectivity index (χ3v) is 5.05. The van der Waals surface area contributed by atoms with Gasteiger partial charge in [0.25, 0.3) is 0 Å². The number of H-pyrrole nitrogens is 2. The minimum absolute atomic E-state index is 0.183. The summed E-state index contributed by atoms with van der Waals surface area (Å²) in [5, 5.41) is 18.0. The van der Waals surface area contributed by atoms with Gasteiger partial charge in [0, 0.05) is 35.6 Å². The van der Waals surface area contributed by atoms with Crippen molar-refractivity contribution in [1.29, 1.82) is 0 Å². The number of phenols is 1. The number of nitrogens with zero attached hydrogens (tertiary/aromatic N) is 6. The zero-order valence-electron chi connectivity index (χ0n) is 16.3. The van der Waals surface area contributed by atoms with Crippen molar-refractivity contribution < 1.29 is 9.50 Å². The van der Waals surface area contributed by atoms with Gasteiger partial charge in [-0.3, -0.25) is 25.0 Å². The van der Waals surface area contributed by atoms with Crippen molar-refractivity contribution in [2.75, 3.05) is 0 Å². The lowest BCUT2D eigenvalue weighted by Gasteiger charge is -2.03. The zero-order chi connectivity index (χ0) is 21.7. The smallest absolute Gasteiger partial charge is 0.159 e. The van der Waals surface area contributed by atoms with Crippen LogP contribution in [0.25, 0.3) is 56.1 Å².